The molecule has 2 aromatic carbocycles. The molecule has 3 rings (SSSR count). The number of anilines is 3. The monoisotopic (exact) mass is 443 g/mol. The van der Waals surface area contributed by atoms with Crippen LogP contribution in [0.1, 0.15) is 18.1 Å². The third-order valence-electron chi connectivity index (χ3n) is 4.15. The quantitative estimate of drug-likeness (QED) is 0.513. The molecule has 0 spiro atoms. The van der Waals surface area contributed by atoms with Crippen molar-refractivity contribution in [3.63, 3.8) is 0 Å². The number of benzene rings is 2. The number of amides is 2. The first-order valence-corrected chi connectivity index (χ1v) is 11.4. The Morgan fingerprint density at radius 2 is 1.67 bits per heavy atom. The van der Waals surface area contributed by atoms with E-state index < -0.39 is 10.0 Å². The average molecular weight is 444 g/mol. The summed E-state index contributed by atoms with van der Waals surface area (Å²) in [6, 6.07) is 15.1. The lowest BCUT2D eigenvalue weighted by atomic mass is 10.1. The average Bonchev–Trinajstić information content (AvgIpc) is 3.21. The minimum atomic E-state index is -3.60. The lowest BCUT2D eigenvalue weighted by Crippen LogP contribution is -2.15. The van der Waals surface area contributed by atoms with E-state index in [9.17, 15) is 18.0 Å². The Morgan fingerprint density at radius 1 is 0.967 bits per heavy atom. The van der Waals surface area contributed by atoms with Crippen LogP contribution in [-0.2, 0) is 26.0 Å². The molecule has 2 amide bonds. The van der Waals surface area contributed by atoms with Crippen LogP contribution in [0.3, 0.4) is 0 Å². The second-order valence-electron chi connectivity index (χ2n) is 6.67. The van der Waals surface area contributed by atoms with Gasteiger partial charge in [0.25, 0.3) is 10.0 Å². The maximum atomic E-state index is 12.3. The van der Waals surface area contributed by atoms with Crippen molar-refractivity contribution < 1.29 is 18.0 Å². The molecule has 156 valence electrons. The molecular formula is C21H21N3O4S2. The minimum Gasteiger partial charge on any atom is -0.326 e. The van der Waals surface area contributed by atoms with Gasteiger partial charge in [0.15, 0.2) is 0 Å². The second kappa shape index (κ2) is 9.10. The van der Waals surface area contributed by atoms with Crippen molar-refractivity contribution in [3.05, 3.63) is 71.1 Å². The lowest BCUT2D eigenvalue weighted by Gasteiger charge is -2.11. The zero-order valence-corrected chi connectivity index (χ0v) is 18.1. The molecule has 7 nitrogen and oxygen atoms in total. The molecule has 0 bridgehead atoms. The van der Waals surface area contributed by atoms with Crippen LogP contribution in [0.15, 0.2) is 64.2 Å². The topological polar surface area (TPSA) is 104 Å². The predicted octanol–water partition coefficient (Wildman–Crippen LogP) is 4.00. The van der Waals surface area contributed by atoms with Crippen LogP contribution in [0.25, 0.3) is 0 Å². The summed E-state index contributed by atoms with van der Waals surface area (Å²) < 4.78 is 27.3. The zero-order valence-electron chi connectivity index (χ0n) is 16.4. The van der Waals surface area contributed by atoms with Crippen molar-refractivity contribution in [2.75, 3.05) is 15.4 Å². The van der Waals surface area contributed by atoms with Crippen molar-refractivity contribution in [2.45, 2.75) is 24.5 Å². The summed E-state index contributed by atoms with van der Waals surface area (Å²) in [5.74, 6) is -0.357. The SMILES string of the molecule is CC(=O)Nc1ccc(NC(=O)Cc2ccc(NS(=O)(=O)c3cccs3)cc2)cc1C. The summed E-state index contributed by atoms with van der Waals surface area (Å²) in [5, 5.41) is 7.24. The number of sulfonamides is 1. The van der Waals surface area contributed by atoms with Crippen LogP contribution < -0.4 is 15.4 Å². The molecule has 0 atom stereocenters. The van der Waals surface area contributed by atoms with Gasteiger partial charge in [-0.3, -0.25) is 14.3 Å². The second-order valence-corrected chi connectivity index (χ2v) is 9.53. The summed E-state index contributed by atoms with van der Waals surface area (Å²) in [6.45, 7) is 3.28. The van der Waals surface area contributed by atoms with E-state index in [-0.39, 0.29) is 22.4 Å². The highest BCUT2D eigenvalue weighted by atomic mass is 32.2. The maximum Gasteiger partial charge on any atom is 0.271 e. The van der Waals surface area contributed by atoms with Gasteiger partial charge in [0.1, 0.15) is 4.21 Å². The first kappa shape index (κ1) is 21.5. The third-order valence-corrected chi connectivity index (χ3v) is 6.93. The number of hydrogen-bond acceptors (Lipinski definition) is 5. The Labute approximate surface area is 179 Å². The summed E-state index contributed by atoms with van der Waals surface area (Å²) in [6.07, 6.45) is 0.143. The molecule has 0 fully saturated rings. The Hall–Kier alpha value is -3.17. The van der Waals surface area contributed by atoms with E-state index in [1.807, 2.05) is 6.92 Å². The van der Waals surface area contributed by atoms with Crippen LogP contribution in [0, 0.1) is 6.92 Å². The Kier molecular flexibility index (Phi) is 6.53. The molecule has 9 heteroatoms. The molecule has 0 aliphatic carbocycles. The van der Waals surface area contributed by atoms with E-state index in [4.69, 9.17) is 0 Å². The van der Waals surface area contributed by atoms with Crippen molar-refractivity contribution in [1.29, 1.82) is 0 Å². The van der Waals surface area contributed by atoms with Gasteiger partial charge >= 0.3 is 0 Å². The molecule has 1 aromatic heterocycles. The maximum absolute atomic E-state index is 12.3. The largest absolute Gasteiger partial charge is 0.326 e. The number of carbonyl (C=O) groups is 2. The van der Waals surface area contributed by atoms with Crippen molar-refractivity contribution in [2.24, 2.45) is 0 Å². The number of hydrogen-bond donors (Lipinski definition) is 3. The van der Waals surface area contributed by atoms with Gasteiger partial charge in [-0.1, -0.05) is 18.2 Å². The highest BCUT2D eigenvalue weighted by Gasteiger charge is 2.15. The van der Waals surface area contributed by atoms with Gasteiger partial charge in [-0.25, -0.2) is 8.42 Å². The molecule has 0 saturated carbocycles. The summed E-state index contributed by atoms with van der Waals surface area (Å²) in [5.41, 5.74) is 3.34. The number of thiophene rings is 1. The molecule has 0 aliphatic rings. The Bertz CT molecular complexity index is 1160. The molecule has 0 radical (unpaired) electrons. The van der Waals surface area contributed by atoms with Gasteiger partial charge in [0.05, 0.1) is 6.42 Å². The van der Waals surface area contributed by atoms with Crippen LogP contribution in [0.5, 0.6) is 0 Å². The van der Waals surface area contributed by atoms with E-state index in [1.54, 1.807) is 53.9 Å². The summed E-state index contributed by atoms with van der Waals surface area (Å²) in [4.78, 5) is 23.5. The fourth-order valence-corrected chi connectivity index (χ4v) is 4.83. The molecule has 1 heterocycles. The van der Waals surface area contributed by atoms with Gasteiger partial charge in [-0.15, -0.1) is 11.3 Å². The van der Waals surface area contributed by atoms with Gasteiger partial charge in [-0.2, -0.15) is 0 Å². The highest BCUT2D eigenvalue weighted by Crippen LogP contribution is 2.22. The highest BCUT2D eigenvalue weighted by molar-refractivity contribution is 7.94. The first-order valence-electron chi connectivity index (χ1n) is 9.06. The van der Waals surface area contributed by atoms with Crippen LogP contribution in [0.4, 0.5) is 17.1 Å². The smallest absolute Gasteiger partial charge is 0.271 e. The zero-order chi connectivity index (χ0) is 21.7. The molecule has 30 heavy (non-hydrogen) atoms. The van der Waals surface area contributed by atoms with Crippen molar-refractivity contribution in [1.82, 2.24) is 0 Å². The van der Waals surface area contributed by atoms with Gasteiger partial charge in [0.2, 0.25) is 11.8 Å². The van der Waals surface area contributed by atoms with Crippen LogP contribution in [-0.4, -0.2) is 20.2 Å². The Balaban J connectivity index is 1.59. The lowest BCUT2D eigenvalue weighted by molar-refractivity contribution is -0.116. The van der Waals surface area contributed by atoms with E-state index in [2.05, 4.69) is 15.4 Å². The van der Waals surface area contributed by atoms with E-state index in [0.29, 0.717) is 17.1 Å². The van der Waals surface area contributed by atoms with Gasteiger partial charge in [0, 0.05) is 24.0 Å². The number of carbonyl (C=O) groups excluding carboxylic acids is 2. The molecule has 0 aliphatic heterocycles. The molecule has 3 N–H and O–H groups in total. The fraction of sp³-hybridized carbons (Fsp3) is 0.143. The van der Waals surface area contributed by atoms with Crippen LogP contribution >= 0.6 is 11.3 Å². The number of rotatable bonds is 7. The third kappa shape index (κ3) is 5.68. The number of nitrogens with one attached hydrogen (secondary N) is 3. The molecular weight excluding hydrogens is 422 g/mol. The normalized spacial score (nSPS) is 11.0. The van der Waals surface area contributed by atoms with E-state index in [1.165, 1.54) is 13.0 Å². The van der Waals surface area contributed by atoms with Crippen molar-refractivity contribution >= 4 is 50.2 Å². The molecule has 3 aromatic rings. The van der Waals surface area contributed by atoms with Gasteiger partial charge < -0.3 is 10.6 Å². The summed E-state index contributed by atoms with van der Waals surface area (Å²) >= 11 is 1.14. The fourth-order valence-electron chi connectivity index (χ4n) is 2.77. The standard InChI is InChI=1S/C21H21N3O4S2/c1-14-12-18(9-10-19(14)22-15(2)25)23-20(26)13-16-5-7-17(8-6-16)24-30(27,28)21-4-3-11-29-21/h3-12,24H,13H2,1-2H3,(H,22,25)(H,23,26). The number of aryl methyl sites for hydroxylation is 1. The van der Waals surface area contributed by atoms with Gasteiger partial charge in [-0.05, 0) is 59.8 Å². The Morgan fingerprint density at radius 3 is 2.27 bits per heavy atom. The van der Waals surface area contributed by atoms with E-state index >= 15 is 0 Å². The van der Waals surface area contributed by atoms with Crippen molar-refractivity contribution in [3.8, 4) is 0 Å². The minimum absolute atomic E-state index is 0.143. The summed E-state index contributed by atoms with van der Waals surface area (Å²) in [7, 11) is -3.60. The molecule has 0 saturated heterocycles. The van der Waals surface area contributed by atoms with Crippen LogP contribution in [0.2, 0.25) is 0 Å². The first-order chi connectivity index (χ1) is 14.2. The molecule has 0 unspecified atom stereocenters. The van der Waals surface area contributed by atoms with E-state index in [0.717, 1.165) is 22.5 Å². The predicted molar refractivity (Wildman–Crippen MR) is 119 cm³/mol.